The fourth-order valence-electron chi connectivity index (χ4n) is 2.07. The van der Waals surface area contributed by atoms with Crippen LogP contribution in [-0.4, -0.2) is 20.1 Å². The van der Waals surface area contributed by atoms with Gasteiger partial charge in [-0.05, 0) is 32.9 Å². The summed E-state index contributed by atoms with van der Waals surface area (Å²) in [4.78, 5) is 4.32. The summed E-state index contributed by atoms with van der Waals surface area (Å²) in [5, 5.41) is 7.76. The van der Waals surface area contributed by atoms with Crippen LogP contribution in [0.4, 0.5) is 0 Å². The van der Waals surface area contributed by atoms with Crippen molar-refractivity contribution in [2.24, 2.45) is 0 Å². The van der Waals surface area contributed by atoms with Crippen LogP contribution in [0.3, 0.4) is 0 Å². The quantitative estimate of drug-likeness (QED) is 0.795. The largest absolute Gasteiger partial charge is 0.443 e. The minimum absolute atomic E-state index is 0.0390. The number of rotatable bonds is 3. The maximum Gasteiger partial charge on any atom is 0.181 e. The van der Waals surface area contributed by atoms with Gasteiger partial charge in [-0.3, -0.25) is 0 Å². The van der Waals surface area contributed by atoms with E-state index < -0.39 is 0 Å². The standard InChI is InChI=1S/C15H18N4O/c1-15(2,3)17-9-12-14(20-10-16-12)11-8-18-19-7-5-4-6-13(11)19/h4-8,10,17H,9H2,1-3H3. The first kappa shape index (κ1) is 12.9. The van der Waals surface area contributed by atoms with E-state index in [0.29, 0.717) is 6.54 Å². The smallest absolute Gasteiger partial charge is 0.181 e. The summed E-state index contributed by atoms with van der Waals surface area (Å²) in [6.07, 6.45) is 5.22. The Morgan fingerprint density at radius 1 is 1.30 bits per heavy atom. The molecular weight excluding hydrogens is 252 g/mol. The first-order valence-electron chi connectivity index (χ1n) is 6.65. The molecule has 0 atom stereocenters. The highest BCUT2D eigenvalue weighted by Gasteiger charge is 2.17. The summed E-state index contributed by atoms with van der Waals surface area (Å²) in [6.45, 7) is 7.05. The Balaban J connectivity index is 1.97. The molecule has 0 saturated heterocycles. The average Bonchev–Trinajstić information content (AvgIpc) is 3.01. The highest BCUT2D eigenvalue weighted by molar-refractivity contribution is 5.77. The van der Waals surface area contributed by atoms with E-state index in [1.165, 1.54) is 6.39 Å². The van der Waals surface area contributed by atoms with Crippen molar-refractivity contribution >= 4 is 5.52 Å². The minimum atomic E-state index is 0.0390. The molecule has 0 unspecified atom stereocenters. The van der Waals surface area contributed by atoms with Gasteiger partial charge in [0.05, 0.1) is 17.3 Å². The van der Waals surface area contributed by atoms with E-state index in [4.69, 9.17) is 4.42 Å². The van der Waals surface area contributed by atoms with Crippen LogP contribution in [0.2, 0.25) is 0 Å². The fraction of sp³-hybridized carbons (Fsp3) is 0.333. The third-order valence-corrected chi connectivity index (χ3v) is 3.10. The molecule has 1 N–H and O–H groups in total. The molecule has 0 aliphatic carbocycles. The number of nitrogens with zero attached hydrogens (tertiary/aromatic N) is 3. The normalized spacial score (nSPS) is 12.2. The molecule has 0 fully saturated rings. The van der Waals surface area contributed by atoms with Crippen LogP contribution in [0.5, 0.6) is 0 Å². The molecule has 3 aromatic rings. The van der Waals surface area contributed by atoms with Crippen molar-refractivity contribution in [1.29, 1.82) is 0 Å². The Hall–Kier alpha value is -2.14. The fourth-order valence-corrected chi connectivity index (χ4v) is 2.07. The van der Waals surface area contributed by atoms with Crippen molar-refractivity contribution in [3.63, 3.8) is 0 Å². The number of fused-ring (bicyclic) bond motifs is 1. The summed E-state index contributed by atoms with van der Waals surface area (Å²) in [6, 6.07) is 5.96. The molecule has 3 heterocycles. The molecule has 3 rings (SSSR count). The molecule has 0 saturated carbocycles. The SMILES string of the molecule is CC(C)(C)NCc1ncoc1-c1cnn2ccccc12. The number of hydrogen-bond donors (Lipinski definition) is 1. The number of aromatic nitrogens is 3. The average molecular weight is 270 g/mol. The van der Waals surface area contributed by atoms with Gasteiger partial charge in [-0.1, -0.05) is 6.07 Å². The van der Waals surface area contributed by atoms with Crippen molar-refractivity contribution in [3.05, 3.63) is 42.7 Å². The molecule has 0 bridgehead atoms. The monoisotopic (exact) mass is 270 g/mol. The van der Waals surface area contributed by atoms with Gasteiger partial charge in [0.1, 0.15) is 5.69 Å². The second-order valence-corrected chi connectivity index (χ2v) is 5.82. The Labute approximate surface area is 117 Å². The van der Waals surface area contributed by atoms with E-state index in [9.17, 15) is 0 Å². The van der Waals surface area contributed by atoms with Gasteiger partial charge >= 0.3 is 0 Å². The highest BCUT2D eigenvalue weighted by Crippen LogP contribution is 2.27. The van der Waals surface area contributed by atoms with E-state index in [1.54, 1.807) is 0 Å². The van der Waals surface area contributed by atoms with Gasteiger partial charge in [0, 0.05) is 18.3 Å². The number of nitrogens with one attached hydrogen (secondary N) is 1. The van der Waals surface area contributed by atoms with Crippen LogP contribution in [0.25, 0.3) is 16.8 Å². The van der Waals surface area contributed by atoms with Crippen LogP contribution >= 0.6 is 0 Å². The molecule has 104 valence electrons. The summed E-state index contributed by atoms with van der Waals surface area (Å²) in [5.74, 6) is 0.781. The van der Waals surface area contributed by atoms with Crippen LogP contribution in [0.1, 0.15) is 26.5 Å². The van der Waals surface area contributed by atoms with Gasteiger partial charge in [0.15, 0.2) is 12.2 Å². The van der Waals surface area contributed by atoms with Gasteiger partial charge in [-0.2, -0.15) is 5.10 Å². The van der Waals surface area contributed by atoms with Gasteiger partial charge in [-0.25, -0.2) is 9.50 Å². The number of pyridine rings is 1. The van der Waals surface area contributed by atoms with Crippen LogP contribution < -0.4 is 5.32 Å². The number of oxazole rings is 1. The molecule has 0 radical (unpaired) electrons. The molecule has 3 aromatic heterocycles. The predicted molar refractivity (Wildman–Crippen MR) is 77.3 cm³/mol. The van der Waals surface area contributed by atoms with Crippen LogP contribution in [0.15, 0.2) is 41.4 Å². The highest BCUT2D eigenvalue weighted by atomic mass is 16.3. The third-order valence-electron chi connectivity index (χ3n) is 3.10. The minimum Gasteiger partial charge on any atom is -0.443 e. The van der Waals surface area contributed by atoms with E-state index in [-0.39, 0.29) is 5.54 Å². The van der Waals surface area contributed by atoms with Crippen molar-refractivity contribution < 1.29 is 4.42 Å². The lowest BCUT2D eigenvalue weighted by atomic mass is 10.1. The molecular formula is C15H18N4O. The molecule has 20 heavy (non-hydrogen) atoms. The van der Waals surface area contributed by atoms with Crippen molar-refractivity contribution in [2.45, 2.75) is 32.9 Å². The number of hydrogen-bond acceptors (Lipinski definition) is 4. The van der Waals surface area contributed by atoms with Crippen molar-refractivity contribution in [1.82, 2.24) is 19.9 Å². The van der Waals surface area contributed by atoms with E-state index in [0.717, 1.165) is 22.5 Å². The Morgan fingerprint density at radius 2 is 2.15 bits per heavy atom. The first-order chi connectivity index (χ1) is 9.54. The van der Waals surface area contributed by atoms with Crippen LogP contribution in [-0.2, 0) is 6.54 Å². The Morgan fingerprint density at radius 3 is 2.95 bits per heavy atom. The van der Waals surface area contributed by atoms with E-state index in [1.807, 2.05) is 35.1 Å². The molecule has 0 aliphatic rings. The molecule has 0 spiro atoms. The summed E-state index contributed by atoms with van der Waals surface area (Å²) in [5.41, 5.74) is 2.92. The second-order valence-electron chi connectivity index (χ2n) is 5.82. The predicted octanol–water partition coefficient (Wildman–Crippen LogP) is 2.88. The summed E-state index contributed by atoms with van der Waals surface area (Å²) >= 11 is 0. The van der Waals surface area contributed by atoms with Gasteiger partial charge < -0.3 is 9.73 Å². The molecule has 5 nitrogen and oxygen atoms in total. The summed E-state index contributed by atoms with van der Waals surface area (Å²) in [7, 11) is 0. The van der Waals surface area contributed by atoms with Crippen molar-refractivity contribution in [3.8, 4) is 11.3 Å². The second kappa shape index (κ2) is 4.76. The van der Waals surface area contributed by atoms with Gasteiger partial charge in [0.2, 0.25) is 0 Å². The summed E-state index contributed by atoms with van der Waals surface area (Å²) < 4.78 is 7.41. The first-order valence-corrected chi connectivity index (χ1v) is 6.65. The zero-order chi connectivity index (χ0) is 14.2. The lowest BCUT2D eigenvalue weighted by molar-refractivity contribution is 0.421. The zero-order valence-corrected chi connectivity index (χ0v) is 11.9. The zero-order valence-electron chi connectivity index (χ0n) is 11.9. The molecule has 5 heteroatoms. The molecule has 0 amide bonds. The van der Waals surface area contributed by atoms with Crippen LogP contribution in [0, 0.1) is 0 Å². The maximum absolute atomic E-state index is 5.58. The molecule has 0 aliphatic heterocycles. The lowest BCUT2D eigenvalue weighted by Gasteiger charge is -2.19. The van der Waals surface area contributed by atoms with E-state index >= 15 is 0 Å². The molecule has 0 aromatic carbocycles. The topological polar surface area (TPSA) is 55.4 Å². The van der Waals surface area contributed by atoms with Gasteiger partial charge in [-0.15, -0.1) is 0 Å². The Kier molecular flexibility index (Phi) is 3.06. The lowest BCUT2D eigenvalue weighted by Crippen LogP contribution is -2.35. The third kappa shape index (κ3) is 2.44. The van der Waals surface area contributed by atoms with Crippen molar-refractivity contribution in [2.75, 3.05) is 0 Å². The Bertz CT molecular complexity index is 721. The maximum atomic E-state index is 5.58. The van der Waals surface area contributed by atoms with E-state index in [2.05, 4.69) is 36.2 Å². The van der Waals surface area contributed by atoms with Gasteiger partial charge in [0.25, 0.3) is 0 Å².